The van der Waals surface area contributed by atoms with E-state index in [0.717, 1.165) is 13.1 Å². The second kappa shape index (κ2) is 6.03. The highest BCUT2D eigenvalue weighted by molar-refractivity contribution is 8.17. The van der Waals surface area contributed by atoms with E-state index in [9.17, 15) is 0 Å². The maximum absolute atomic E-state index is 6.30. The van der Waals surface area contributed by atoms with Crippen LogP contribution >= 0.6 is 6.19 Å². The van der Waals surface area contributed by atoms with Gasteiger partial charge in [0.05, 0.1) is 0 Å². The summed E-state index contributed by atoms with van der Waals surface area (Å²) in [5, 5.41) is 1.46. The zero-order valence-electron chi connectivity index (χ0n) is 12.3. The van der Waals surface area contributed by atoms with Crippen molar-refractivity contribution in [2.24, 2.45) is 0 Å². The Balaban J connectivity index is 2.43. The average molecular weight is 296 g/mol. The molecule has 0 radical (unpaired) electrons. The topological polar surface area (TPSA) is 16.1 Å². The van der Waals surface area contributed by atoms with Gasteiger partial charge in [-0.15, -0.1) is 0 Å². The first-order valence-electron chi connectivity index (χ1n) is 7.22. The average Bonchev–Trinajstić information content (AvgIpc) is 2.66. The second-order valence-corrected chi connectivity index (χ2v) is 11.5. The van der Waals surface area contributed by atoms with Crippen molar-refractivity contribution in [3.8, 4) is 0 Å². The maximum Gasteiger partial charge on any atom is 0.0481 e. The van der Waals surface area contributed by atoms with Gasteiger partial charge in [0.15, 0.2) is 0 Å². The Hall–Kier alpha value is -0.240. The Kier molecular flexibility index (Phi) is 4.81. The summed E-state index contributed by atoms with van der Waals surface area (Å²) in [4.78, 5) is 4.16. The summed E-state index contributed by atoms with van der Waals surface area (Å²) < 4.78 is 2.63. The van der Waals surface area contributed by atoms with Crippen LogP contribution in [0.2, 0.25) is 0 Å². The molecule has 1 fully saturated rings. The van der Waals surface area contributed by atoms with Crippen LogP contribution < -0.4 is 5.30 Å². The number of nitrogens with zero attached hydrogens (tertiary/aromatic N) is 2. The number of hydrogen-bond donors (Lipinski definition) is 0. The van der Waals surface area contributed by atoms with E-state index in [1.54, 1.807) is 0 Å². The molecule has 1 aliphatic heterocycles. The first-order chi connectivity index (χ1) is 8.96. The summed E-state index contributed by atoms with van der Waals surface area (Å²) in [5.41, 5.74) is 0. The molecule has 0 aromatic carbocycles. The lowest BCUT2D eigenvalue weighted by Gasteiger charge is -2.44. The van der Waals surface area contributed by atoms with Crippen molar-refractivity contribution in [3.05, 3.63) is 24.5 Å². The second-order valence-electron chi connectivity index (χ2n) is 6.32. The van der Waals surface area contributed by atoms with E-state index in [1.807, 2.05) is 12.4 Å². The lowest BCUT2D eigenvalue weighted by Crippen LogP contribution is -2.36. The molecule has 2 heterocycles. The molecule has 4 heteroatoms. The van der Waals surface area contributed by atoms with E-state index in [2.05, 4.69) is 42.6 Å². The molecule has 1 unspecified atom stereocenters. The summed E-state index contributed by atoms with van der Waals surface area (Å²) in [5.74, 6) is 0. The smallest absolute Gasteiger partial charge is 0.0481 e. The number of aromatic nitrogens is 1. The monoisotopic (exact) mass is 296 g/mol. The lowest BCUT2D eigenvalue weighted by molar-refractivity contribution is 0.462. The summed E-state index contributed by atoms with van der Waals surface area (Å²) >= 11 is 6.30. The van der Waals surface area contributed by atoms with E-state index < -0.39 is 6.19 Å². The molecule has 1 aromatic heterocycles. The fourth-order valence-corrected chi connectivity index (χ4v) is 7.04. The van der Waals surface area contributed by atoms with Crippen LogP contribution in [0.25, 0.3) is 0 Å². The molecular formula is C15H25N2PS. The maximum atomic E-state index is 6.30. The van der Waals surface area contributed by atoms with Gasteiger partial charge < -0.3 is 0 Å². The van der Waals surface area contributed by atoms with Crippen molar-refractivity contribution in [1.82, 2.24) is 9.65 Å². The van der Waals surface area contributed by atoms with Crippen LogP contribution in [0.15, 0.2) is 24.5 Å². The third kappa shape index (κ3) is 3.09. The fourth-order valence-electron chi connectivity index (χ4n) is 2.86. The molecule has 0 spiro atoms. The predicted molar refractivity (Wildman–Crippen MR) is 88.0 cm³/mol. The summed E-state index contributed by atoms with van der Waals surface area (Å²) in [7, 11) is 0. The quantitative estimate of drug-likeness (QED) is 0.773. The van der Waals surface area contributed by atoms with Crippen LogP contribution in [0.3, 0.4) is 0 Å². The summed E-state index contributed by atoms with van der Waals surface area (Å²) in [6.07, 6.45) is 7.34. The minimum absolute atomic E-state index is 0.133. The van der Waals surface area contributed by atoms with Gasteiger partial charge in [-0.2, -0.15) is 0 Å². The molecule has 19 heavy (non-hydrogen) atoms. The van der Waals surface area contributed by atoms with Gasteiger partial charge in [-0.05, 0) is 25.0 Å². The number of rotatable bonds is 2. The SMILES string of the molecule is CC(C)(C)P(=S)(c1ccncc1)N1CCCCCC1. The fraction of sp³-hybridized carbons (Fsp3) is 0.667. The highest BCUT2D eigenvalue weighted by Crippen LogP contribution is 2.60. The van der Waals surface area contributed by atoms with E-state index >= 15 is 0 Å². The third-order valence-electron chi connectivity index (χ3n) is 3.90. The normalized spacial score (nSPS) is 21.6. The van der Waals surface area contributed by atoms with Gasteiger partial charge in [0.1, 0.15) is 0 Å². The van der Waals surface area contributed by atoms with Gasteiger partial charge >= 0.3 is 0 Å². The predicted octanol–water partition coefficient (Wildman–Crippen LogP) is 3.78. The van der Waals surface area contributed by atoms with Gasteiger partial charge in [0.2, 0.25) is 0 Å². The zero-order valence-corrected chi connectivity index (χ0v) is 14.0. The van der Waals surface area contributed by atoms with Crippen LogP contribution in [0.4, 0.5) is 0 Å². The van der Waals surface area contributed by atoms with E-state index in [-0.39, 0.29) is 5.16 Å². The molecule has 1 aromatic rings. The molecule has 1 aliphatic rings. The van der Waals surface area contributed by atoms with Crippen molar-refractivity contribution in [2.75, 3.05) is 13.1 Å². The molecule has 0 aliphatic carbocycles. The van der Waals surface area contributed by atoms with Gasteiger partial charge in [-0.3, -0.25) is 9.65 Å². The molecule has 2 nitrogen and oxygen atoms in total. The summed E-state index contributed by atoms with van der Waals surface area (Å²) in [6.45, 7) is 9.24. The molecule has 0 saturated carbocycles. The molecule has 1 atom stereocenters. The van der Waals surface area contributed by atoms with Crippen molar-refractivity contribution < 1.29 is 0 Å². The zero-order chi connectivity index (χ0) is 13.9. The Morgan fingerprint density at radius 3 is 2.05 bits per heavy atom. The third-order valence-corrected chi connectivity index (χ3v) is 10.9. The van der Waals surface area contributed by atoms with E-state index in [4.69, 9.17) is 11.8 Å². The highest BCUT2D eigenvalue weighted by Gasteiger charge is 2.38. The molecule has 0 amide bonds. The van der Waals surface area contributed by atoms with Crippen LogP contribution in [0.5, 0.6) is 0 Å². The molecule has 0 N–H and O–H groups in total. The molecular weight excluding hydrogens is 271 g/mol. The van der Waals surface area contributed by atoms with Crippen LogP contribution in [0.1, 0.15) is 46.5 Å². The van der Waals surface area contributed by atoms with Crippen molar-refractivity contribution in [3.63, 3.8) is 0 Å². The van der Waals surface area contributed by atoms with E-state index in [0.29, 0.717) is 0 Å². The van der Waals surface area contributed by atoms with Crippen LogP contribution in [-0.4, -0.2) is 27.9 Å². The largest absolute Gasteiger partial charge is 0.271 e. The number of hydrogen-bond acceptors (Lipinski definition) is 2. The first kappa shape index (κ1) is 15.2. The number of pyridine rings is 1. The van der Waals surface area contributed by atoms with Gasteiger partial charge in [0.25, 0.3) is 0 Å². The summed E-state index contributed by atoms with van der Waals surface area (Å²) in [6, 6.07) is 4.27. The standard InChI is InChI=1S/C15H25N2PS/c1-15(2,3)18(19,14-8-10-16-11-9-14)17-12-6-4-5-7-13-17/h8-11H,4-7,12-13H2,1-3H3. The Labute approximate surface area is 122 Å². The Morgan fingerprint density at radius 2 is 1.58 bits per heavy atom. The lowest BCUT2D eigenvalue weighted by atomic mass is 10.2. The van der Waals surface area contributed by atoms with Crippen molar-refractivity contribution >= 4 is 23.3 Å². The molecule has 2 rings (SSSR count). The molecule has 106 valence electrons. The minimum Gasteiger partial charge on any atom is -0.271 e. The molecule has 0 bridgehead atoms. The first-order valence-corrected chi connectivity index (χ1v) is 9.98. The Bertz CT molecular complexity index is 445. The minimum atomic E-state index is -1.73. The van der Waals surface area contributed by atoms with Crippen LogP contribution in [0, 0.1) is 0 Å². The Morgan fingerprint density at radius 1 is 1.05 bits per heavy atom. The van der Waals surface area contributed by atoms with Crippen molar-refractivity contribution in [1.29, 1.82) is 0 Å². The highest BCUT2D eigenvalue weighted by atomic mass is 32.4. The molecule has 1 saturated heterocycles. The van der Waals surface area contributed by atoms with Gasteiger partial charge in [-0.25, -0.2) is 0 Å². The van der Waals surface area contributed by atoms with E-state index in [1.165, 1.54) is 31.0 Å². The van der Waals surface area contributed by atoms with Gasteiger partial charge in [-0.1, -0.05) is 45.4 Å². The van der Waals surface area contributed by atoms with Crippen LogP contribution in [-0.2, 0) is 11.8 Å². The van der Waals surface area contributed by atoms with Crippen molar-refractivity contribution in [2.45, 2.75) is 51.6 Å². The van der Waals surface area contributed by atoms with Gasteiger partial charge in [0, 0.05) is 42.1 Å².